The van der Waals surface area contributed by atoms with E-state index in [-0.39, 0.29) is 18.3 Å². The molecule has 8 heteroatoms. The highest BCUT2D eigenvalue weighted by molar-refractivity contribution is 7.14. The van der Waals surface area contributed by atoms with Crippen molar-refractivity contribution in [1.29, 1.82) is 0 Å². The van der Waals surface area contributed by atoms with Crippen molar-refractivity contribution in [2.45, 2.75) is 27.4 Å². The number of esters is 1. The van der Waals surface area contributed by atoms with Gasteiger partial charge in [0, 0.05) is 18.4 Å². The zero-order valence-corrected chi connectivity index (χ0v) is 15.4. The van der Waals surface area contributed by atoms with Crippen LogP contribution in [0.5, 0.6) is 0 Å². The van der Waals surface area contributed by atoms with Crippen LogP contribution in [-0.4, -0.2) is 22.0 Å². The fraction of sp³-hybridized carbons (Fsp3) is 0.222. The highest BCUT2D eigenvalue weighted by Gasteiger charge is 2.19. The number of hydrogen-bond acceptors (Lipinski definition) is 7. The molecule has 0 saturated carbocycles. The highest BCUT2D eigenvalue weighted by atomic mass is 32.1. The lowest BCUT2D eigenvalue weighted by atomic mass is 10.2. The monoisotopic (exact) mass is 371 g/mol. The maximum atomic E-state index is 12.1. The van der Waals surface area contributed by atoms with Crippen LogP contribution in [0.15, 0.2) is 40.2 Å². The largest absolute Gasteiger partial charge is 0.453 e. The maximum absolute atomic E-state index is 12.1. The van der Waals surface area contributed by atoms with Crippen molar-refractivity contribution in [3.63, 3.8) is 0 Å². The third-order valence-corrected chi connectivity index (χ3v) is 4.36. The normalized spacial score (nSPS) is 10.6. The number of anilines is 2. The van der Waals surface area contributed by atoms with Crippen molar-refractivity contribution >= 4 is 34.0 Å². The molecule has 0 N–H and O–H groups in total. The number of thiazole rings is 1. The molecule has 0 aliphatic heterocycles. The molecule has 0 spiro atoms. The van der Waals surface area contributed by atoms with Gasteiger partial charge in [-0.25, -0.2) is 9.78 Å². The summed E-state index contributed by atoms with van der Waals surface area (Å²) >= 11 is 1.31. The zero-order valence-electron chi connectivity index (χ0n) is 14.6. The van der Waals surface area contributed by atoms with Crippen LogP contribution in [-0.2, 0) is 16.1 Å². The van der Waals surface area contributed by atoms with Gasteiger partial charge in [-0.3, -0.25) is 9.69 Å². The molecule has 3 rings (SSSR count). The summed E-state index contributed by atoms with van der Waals surface area (Å²) in [5.41, 5.74) is 2.94. The van der Waals surface area contributed by atoms with E-state index >= 15 is 0 Å². The third kappa shape index (κ3) is 3.97. The molecule has 7 nitrogen and oxygen atoms in total. The number of ether oxygens (including phenoxy) is 1. The fourth-order valence-electron chi connectivity index (χ4n) is 2.33. The summed E-state index contributed by atoms with van der Waals surface area (Å²) in [6.07, 6.45) is 0. The number of carbonyl (C=O) groups is 2. The van der Waals surface area contributed by atoms with Gasteiger partial charge < -0.3 is 9.26 Å². The van der Waals surface area contributed by atoms with Crippen LogP contribution in [0.2, 0.25) is 0 Å². The van der Waals surface area contributed by atoms with Gasteiger partial charge in [-0.1, -0.05) is 17.3 Å². The first-order chi connectivity index (χ1) is 12.4. The first kappa shape index (κ1) is 17.8. The van der Waals surface area contributed by atoms with Crippen molar-refractivity contribution in [2.24, 2.45) is 0 Å². The smallest absolute Gasteiger partial charge is 0.377 e. The Morgan fingerprint density at radius 1 is 1.27 bits per heavy atom. The predicted molar refractivity (Wildman–Crippen MR) is 96.5 cm³/mol. The van der Waals surface area contributed by atoms with Crippen LogP contribution >= 0.6 is 11.3 Å². The van der Waals surface area contributed by atoms with Crippen LogP contribution in [0.25, 0.3) is 0 Å². The third-order valence-electron chi connectivity index (χ3n) is 3.49. The lowest BCUT2D eigenvalue weighted by molar-refractivity contribution is -0.115. The van der Waals surface area contributed by atoms with Gasteiger partial charge in [0.25, 0.3) is 0 Å². The van der Waals surface area contributed by atoms with Crippen LogP contribution < -0.4 is 4.90 Å². The number of benzene rings is 1. The van der Waals surface area contributed by atoms with Crippen molar-refractivity contribution < 1.29 is 18.8 Å². The van der Waals surface area contributed by atoms with Gasteiger partial charge in [0.05, 0.1) is 17.1 Å². The minimum atomic E-state index is -0.609. The van der Waals surface area contributed by atoms with Crippen molar-refractivity contribution in [2.75, 3.05) is 4.90 Å². The molecule has 1 amide bonds. The van der Waals surface area contributed by atoms with E-state index in [0.29, 0.717) is 16.5 Å². The second-order valence-corrected chi connectivity index (χ2v) is 6.56. The number of rotatable bonds is 5. The van der Waals surface area contributed by atoms with Gasteiger partial charge in [0.15, 0.2) is 5.13 Å². The molecule has 26 heavy (non-hydrogen) atoms. The van der Waals surface area contributed by atoms with E-state index in [1.54, 1.807) is 12.3 Å². The molecule has 134 valence electrons. The van der Waals surface area contributed by atoms with E-state index in [4.69, 9.17) is 9.26 Å². The molecule has 3 aromatic rings. The molecule has 2 aromatic heterocycles. The predicted octanol–water partition coefficient (Wildman–Crippen LogP) is 3.79. The van der Waals surface area contributed by atoms with Gasteiger partial charge >= 0.3 is 5.97 Å². The Morgan fingerprint density at radius 2 is 2.08 bits per heavy atom. The molecule has 0 aliphatic carbocycles. The number of aromatic nitrogens is 2. The van der Waals surface area contributed by atoms with E-state index in [2.05, 4.69) is 10.1 Å². The van der Waals surface area contributed by atoms with Gasteiger partial charge in [-0.2, -0.15) is 0 Å². The second kappa shape index (κ2) is 7.49. The number of hydrogen-bond donors (Lipinski definition) is 0. The quantitative estimate of drug-likeness (QED) is 0.634. The Hall–Kier alpha value is -3.00. The number of aryl methyl sites for hydroxylation is 2. The molecule has 0 saturated heterocycles. The Labute approximate surface area is 154 Å². The molecule has 0 radical (unpaired) electrons. The molecular weight excluding hydrogens is 354 g/mol. The molecule has 0 unspecified atom stereocenters. The van der Waals surface area contributed by atoms with E-state index in [9.17, 15) is 9.59 Å². The molecule has 0 aliphatic rings. The van der Waals surface area contributed by atoms with Gasteiger partial charge in [0.2, 0.25) is 11.7 Å². The summed E-state index contributed by atoms with van der Waals surface area (Å²) in [7, 11) is 0. The summed E-state index contributed by atoms with van der Waals surface area (Å²) in [6, 6.07) is 9.11. The van der Waals surface area contributed by atoms with E-state index in [1.807, 2.05) is 31.2 Å². The van der Waals surface area contributed by atoms with Crippen LogP contribution in [0.1, 0.15) is 34.4 Å². The Morgan fingerprint density at radius 3 is 2.73 bits per heavy atom. The summed E-state index contributed by atoms with van der Waals surface area (Å²) in [5.74, 6) is -0.712. The molecule has 2 heterocycles. The summed E-state index contributed by atoms with van der Waals surface area (Å²) < 4.78 is 10.0. The van der Waals surface area contributed by atoms with Gasteiger partial charge in [-0.05, 0) is 31.5 Å². The molecule has 0 fully saturated rings. The van der Waals surface area contributed by atoms with E-state index in [1.165, 1.54) is 29.2 Å². The topological polar surface area (TPSA) is 85.5 Å². The van der Waals surface area contributed by atoms with Gasteiger partial charge in [0.1, 0.15) is 6.61 Å². The summed E-state index contributed by atoms with van der Waals surface area (Å²) in [5, 5.41) is 5.91. The average Bonchev–Trinajstić information content (AvgIpc) is 3.22. The highest BCUT2D eigenvalue weighted by Crippen LogP contribution is 2.29. The van der Waals surface area contributed by atoms with Crippen LogP contribution in [0.3, 0.4) is 0 Å². The molecule has 0 atom stereocenters. The Kier molecular flexibility index (Phi) is 5.13. The average molecular weight is 371 g/mol. The standard InChI is InChI=1S/C18H17N3O4S/c1-11-5-4-6-15(7-11)21(13(3)22)18-19-14(10-26-18)9-24-17(23)16-8-12(2)20-25-16/h4-8,10H,9H2,1-3H3. The molecule has 0 bridgehead atoms. The SMILES string of the molecule is CC(=O)N(c1cccc(C)c1)c1nc(COC(=O)c2cc(C)no2)cs1. The Bertz CT molecular complexity index is 947. The first-order valence-electron chi connectivity index (χ1n) is 7.86. The number of nitrogens with zero attached hydrogens (tertiary/aromatic N) is 3. The number of carbonyl (C=O) groups excluding carboxylic acids is 2. The molecule has 1 aromatic carbocycles. The van der Waals surface area contributed by atoms with Crippen molar-refractivity contribution in [3.8, 4) is 0 Å². The molecular formula is C18H17N3O4S. The summed E-state index contributed by atoms with van der Waals surface area (Å²) in [4.78, 5) is 29.9. The van der Waals surface area contributed by atoms with Gasteiger partial charge in [-0.15, -0.1) is 11.3 Å². The Balaban J connectivity index is 1.73. The van der Waals surface area contributed by atoms with E-state index < -0.39 is 5.97 Å². The van der Waals surface area contributed by atoms with E-state index in [0.717, 1.165) is 11.3 Å². The zero-order chi connectivity index (χ0) is 18.7. The maximum Gasteiger partial charge on any atom is 0.377 e. The minimum absolute atomic E-state index is 0.0192. The van der Waals surface area contributed by atoms with Crippen LogP contribution in [0.4, 0.5) is 10.8 Å². The summed E-state index contributed by atoms with van der Waals surface area (Å²) in [6.45, 7) is 5.14. The minimum Gasteiger partial charge on any atom is -0.453 e. The first-order valence-corrected chi connectivity index (χ1v) is 8.74. The fourth-order valence-corrected chi connectivity index (χ4v) is 3.20. The number of amides is 1. The van der Waals surface area contributed by atoms with Crippen molar-refractivity contribution in [3.05, 3.63) is 58.4 Å². The lowest BCUT2D eigenvalue weighted by Crippen LogP contribution is -2.22. The van der Waals surface area contributed by atoms with Crippen LogP contribution in [0, 0.1) is 13.8 Å². The lowest BCUT2D eigenvalue weighted by Gasteiger charge is -2.18. The second-order valence-electron chi connectivity index (χ2n) is 5.72. The van der Waals surface area contributed by atoms with Crippen molar-refractivity contribution in [1.82, 2.24) is 10.1 Å².